The van der Waals surface area contributed by atoms with Crippen molar-refractivity contribution < 1.29 is 19.8 Å². The lowest BCUT2D eigenvalue weighted by atomic mass is 10.2. The maximum absolute atomic E-state index is 12.0. The number of hydrogen-bond acceptors (Lipinski definition) is 3. The minimum Gasteiger partial charge on any atom is -0.479 e. The van der Waals surface area contributed by atoms with E-state index in [4.69, 9.17) is 10.2 Å². The molecule has 0 spiro atoms. The molecule has 1 aromatic rings. The van der Waals surface area contributed by atoms with Crippen molar-refractivity contribution in [3.63, 3.8) is 0 Å². The third kappa shape index (κ3) is 4.36. The fraction of sp³-hybridized carbons (Fsp3) is 0.500. The summed E-state index contributed by atoms with van der Waals surface area (Å²) in [4.78, 5) is 22.4. The summed E-state index contributed by atoms with van der Waals surface area (Å²) < 4.78 is 2.62. The minimum absolute atomic E-state index is 0.0232. The van der Waals surface area contributed by atoms with Crippen LogP contribution in [0.25, 0.3) is 0 Å². The molecule has 1 amide bonds. The van der Waals surface area contributed by atoms with Crippen LogP contribution in [0.5, 0.6) is 0 Å². The van der Waals surface area contributed by atoms with Gasteiger partial charge in [0.15, 0.2) is 6.10 Å². The van der Waals surface area contributed by atoms with Gasteiger partial charge in [-0.25, -0.2) is 4.79 Å². The van der Waals surface area contributed by atoms with Crippen molar-refractivity contribution in [3.8, 4) is 0 Å². The summed E-state index contributed by atoms with van der Waals surface area (Å²) >= 11 is 3.31. The number of rotatable bonds is 6. The molecule has 0 radical (unpaired) electrons. The van der Waals surface area contributed by atoms with Gasteiger partial charge < -0.3 is 20.1 Å². The summed E-state index contributed by atoms with van der Waals surface area (Å²) in [7, 11) is 0. The molecule has 0 saturated heterocycles. The van der Waals surface area contributed by atoms with Crippen LogP contribution in [0.4, 0.5) is 0 Å². The number of aliphatic hydroxyl groups is 1. The summed E-state index contributed by atoms with van der Waals surface area (Å²) in [6, 6.07) is 1.83. The molecule has 1 heterocycles. The average Bonchev–Trinajstić information content (AvgIpc) is 2.71. The number of hydrogen-bond donors (Lipinski definition) is 3. The Morgan fingerprint density at radius 1 is 1.47 bits per heavy atom. The molecule has 19 heavy (non-hydrogen) atoms. The second-order valence-corrected chi connectivity index (χ2v) is 5.36. The highest BCUT2D eigenvalue weighted by atomic mass is 79.9. The second kappa shape index (κ2) is 6.72. The molecule has 6 nitrogen and oxygen atoms in total. The zero-order chi connectivity index (χ0) is 14.6. The van der Waals surface area contributed by atoms with E-state index < -0.39 is 12.1 Å². The molecule has 106 valence electrons. The minimum atomic E-state index is -1.45. The van der Waals surface area contributed by atoms with Gasteiger partial charge in [0.05, 0.1) is 0 Å². The Balaban J connectivity index is 2.61. The lowest BCUT2D eigenvalue weighted by Crippen LogP contribution is -2.31. The molecule has 0 bridgehead atoms. The van der Waals surface area contributed by atoms with Gasteiger partial charge in [0.2, 0.25) is 0 Å². The van der Waals surface area contributed by atoms with E-state index in [0.717, 1.165) is 4.47 Å². The summed E-state index contributed by atoms with van der Waals surface area (Å²) in [5, 5.41) is 20.2. The zero-order valence-corrected chi connectivity index (χ0v) is 12.3. The number of amides is 1. The van der Waals surface area contributed by atoms with Crippen molar-refractivity contribution in [3.05, 3.63) is 22.4 Å². The smallest absolute Gasteiger partial charge is 0.332 e. The third-order valence-electron chi connectivity index (χ3n) is 2.59. The summed E-state index contributed by atoms with van der Waals surface area (Å²) in [5.41, 5.74) is 0.492. The Morgan fingerprint density at radius 2 is 2.11 bits per heavy atom. The lowest BCUT2D eigenvalue weighted by molar-refractivity contribution is -0.146. The maximum Gasteiger partial charge on any atom is 0.332 e. The molecule has 0 aliphatic carbocycles. The van der Waals surface area contributed by atoms with Crippen LogP contribution in [0.1, 0.15) is 36.8 Å². The average molecular weight is 333 g/mol. The topological polar surface area (TPSA) is 91.6 Å². The van der Waals surface area contributed by atoms with Gasteiger partial charge in [0.25, 0.3) is 5.91 Å². The monoisotopic (exact) mass is 332 g/mol. The Hall–Kier alpha value is -1.34. The van der Waals surface area contributed by atoms with Gasteiger partial charge in [0.1, 0.15) is 5.69 Å². The van der Waals surface area contributed by atoms with E-state index in [1.54, 1.807) is 6.07 Å². The summed E-state index contributed by atoms with van der Waals surface area (Å²) in [5.74, 6) is -1.58. The van der Waals surface area contributed by atoms with Gasteiger partial charge in [-0.05, 0) is 35.8 Å². The van der Waals surface area contributed by atoms with Crippen LogP contribution in [0.3, 0.4) is 0 Å². The van der Waals surface area contributed by atoms with Gasteiger partial charge in [-0.1, -0.05) is 0 Å². The standard InChI is InChI=1S/C12H17BrN2O4/c1-7(2)15-6-8(13)5-9(15)11(17)14-4-3-10(16)12(18)19/h5-7,10,16H,3-4H2,1-2H3,(H,14,17)(H,18,19). The van der Waals surface area contributed by atoms with E-state index in [9.17, 15) is 9.59 Å². The van der Waals surface area contributed by atoms with Crippen LogP contribution in [-0.4, -0.2) is 39.3 Å². The van der Waals surface area contributed by atoms with Gasteiger partial charge in [-0.2, -0.15) is 0 Å². The number of nitrogens with zero attached hydrogens (tertiary/aromatic N) is 1. The van der Waals surface area contributed by atoms with Crippen LogP contribution in [-0.2, 0) is 4.79 Å². The van der Waals surface area contributed by atoms with Gasteiger partial charge in [-0.3, -0.25) is 4.79 Å². The molecule has 1 unspecified atom stereocenters. The molecule has 0 fully saturated rings. The first-order chi connectivity index (χ1) is 8.82. The van der Waals surface area contributed by atoms with Crippen molar-refractivity contribution in [2.75, 3.05) is 6.54 Å². The molecule has 0 saturated carbocycles. The largest absolute Gasteiger partial charge is 0.479 e. The zero-order valence-electron chi connectivity index (χ0n) is 10.8. The predicted octanol–water partition coefficient (Wildman–Crippen LogP) is 1.40. The number of aromatic nitrogens is 1. The van der Waals surface area contributed by atoms with E-state index in [1.165, 1.54) is 0 Å². The van der Waals surface area contributed by atoms with E-state index >= 15 is 0 Å². The number of nitrogens with one attached hydrogen (secondary N) is 1. The summed E-state index contributed by atoms with van der Waals surface area (Å²) in [6.45, 7) is 4.02. The first-order valence-electron chi connectivity index (χ1n) is 5.89. The molecular formula is C12H17BrN2O4. The molecule has 1 rings (SSSR count). The maximum atomic E-state index is 12.0. The van der Waals surface area contributed by atoms with Crippen molar-refractivity contribution in [2.24, 2.45) is 0 Å². The SMILES string of the molecule is CC(C)n1cc(Br)cc1C(=O)NCCC(O)C(=O)O. The first kappa shape index (κ1) is 15.7. The number of carboxylic acid groups (broad SMARTS) is 1. The van der Waals surface area contributed by atoms with Crippen LogP contribution in [0.2, 0.25) is 0 Å². The Bertz CT molecular complexity index is 470. The highest BCUT2D eigenvalue weighted by molar-refractivity contribution is 9.10. The van der Waals surface area contributed by atoms with E-state index in [0.29, 0.717) is 5.69 Å². The van der Waals surface area contributed by atoms with E-state index in [2.05, 4.69) is 21.2 Å². The molecule has 1 aromatic heterocycles. The second-order valence-electron chi connectivity index (χ2n) is 4.44. The number of carbonyl (C=O) groups is 2. The van der Waals surface area contributed by atoms with Crippen LogP contribution in [0, 0.1) is 0 Å². The van der Waals surface area contributed by atoms with Crippen molar-refractivity contribution in [2.45, 2.75) is 32.4 Å². The van der Waals surface area contributed by atoms with Crippen molar-refractivity contribution in [1.29, 1.82) is 0 Å². The number of aliphatic hydroxyl groups excluding tert-OH is 1. The first-order valence-corrected chi connectivity index (χ1v) is 6.68. The highest BCUT2D eigenvalue weighted by Crippen LogP contribution is 2.19. The quantitative estimate of drug-likeness (QED) is 0.734. The van der Waals surface area contributed by atoms with Crippen LogP contribution >= 0.6 is 15.9 Å². The van der Waals surface area contributed by atoms with Gasteiger partial charge in [-0.15, -0.1) is 0 Å². The number of halogens is 1. The summed E-state index contributed by atoms with van der Waals surface area (Å²) in [6.07, 6.45) is 0.333. The van der Waals surface area contributed by atoms with Crippen molar-refractivity contribution in [1.82, 2.24) is 9.88 Å². The molecule has 3 N–H and O–H groups in total. The Kier molecular flexibility index (Phi) is 5.56. The van der Waals surface area contributed by atoms with E-state index in [-0.39, 0.29) is 24.9 Å². The highest BCUT2D eigenvalue weighted by Gasteiger charge is 2.16. The Labute approximate surface area is 119 Å². The van der Waals surface area contributed by atoms with Gasteiger partial charge in [0, 0.05) is 29.7 Å². The number of carboxylic acids is 1. The fourth-order valence-corrected chi connectivity index (χ4v) is 2.03. The van der Waals surface area contributed by atoms with Crippen LogP contribution < -0.4 is 5.32 Å². The molecule has 0 aromatic carbocycles. The predicted molar refractivity (Wildman–Crippen MR) is 73.1 cm³/mol. The molecule has 0 aliphatic rings. The number of aliphatic carboxylic acids is 1. The van der Waals surface area contributed by atoms with E-state index in [1.807, 2.05) is 24.6 Å². The molecule has 1 atom stereocenters. The van der Waals surface area contributed by atoms with Gasteiger partial charge >= 0.3 is 5.97 Å². The fourth-order valence-electron chi connectivity index (χ4n) is 1.59. The number of carbonyl (C=O) groups excluding carboxylic acids is 1. The Morgan fingerprint density at radius 3 is 2.63 bits per heavy atom. The third-order valence-corrected chi connectivity index (χ3v) is 3.03. The van der Waals surface area contributed by atoms with Crippen molar-refractivity contribution >= 4 is 27.8 Å². The molecule has 0 aliphatic heterocycles. The molecular weight excluding hydrogens is 316 g/mol. The normalized spacial score (nSPS) is 12.5. The molecule has 7 heteroatoms. The lowest BCUT2D eigenvalue weighted by Gasteiger charge is -2.13. The van der Waals surface area contributed by atoms with Crippen LogP contribution in [0.15, 0.2) is 16.7 Å².